The maximum atomic E-state index is 5.32. The van der Waals surface area contributed by atoms with Crippen molar-refractivity contribution in [1.29, 1.82) is 0 Å². The minimum Gasteiger partial charge on any atom is -0.297 e. The Kier molecular flexibility index (Phi) is 2.29. The molecule has 19 heavy (non-hydrogen) atoms. The van der Waals surface area contributed by atoms with Gasteiger partial charge in [-0.25, -0.2) is 0 Å². The lowest BCUT2D eigenvalue weighted by Crippen LogP contribution is -1.97. The number of rotatable bonds is 2. The SMILES string of the molecule is S=c1[nH]nc(-c2ccc3ncccc3c2)n1C1CC1. The smallest absolute Gasteiger partial charge is 0.195 e. The molecule has 4 rings (SSSR count). The third-order valence-electron chi connectivity index (χ3n) is 3.48. The fourth-order valence-corrected chi connectivity index (χ4v) is 2.68. The van der Waals surface area contributed by atoms with E-state index in [-0.39, 0.29) is 0 Å². The number of H-pyrrole nitrogens is 1. The second kappa shape index (κ2) is 3.99. The van der Waals surface area contributed by atoms with Crippen LogP contribution in [0.4, 0.5) is 0 Å². The summed E-state index contributed by atoms with van der Waals surface area (Å²) in [4.78, 5) is 4.34. The zero-order valence-electron chi connectivity index (χ0n) is 10.2. The largest absolute Gasteiger partial charge is 0.297 e. The summed E-state index contributed by atoms with van der Waals surface area (Å²) in [7, 11) is 0. The Labute approximate surface area is 115 Å². The number of hydrogen-bond donors (Lipinski definition) is 1. The van der Waals surface area contributed by atoms with E-state index >= 15 is 0 Å². The van der Waals surface area contributed by atoms with E-state index in [1.54, 1.807) is 0 Å². The summed E-state index contributed by atoms with van der Waals surface area (Å²) in [6.07, 6.45) is 4.19. The van der Waals surface area contributed by atoms with Gasteiger partial charge in [0, 0.05) is 23.2 Å². The molecule has 1 aromatic carbocycles. The van der Waals surface area contributed by atoms with Crippen LogP contribution in [0.1, 0.15) is 18.9 Å². The molecule has 0 saturated heterocycles. The fraction of sp³-hybridized carbons (Fsp3) is 0.214. The van der Waals surface area contributed by atoms with Gasteiger partial charge in [0.15, 0.2) is 10.6 Å². The van der Waals surface area contributed by atoms with Gasteiger partial charge in [0.05, 0.1) is 5.52 Å². The number of benzene rings is 1. The number of nitrogens with zero attached hydrogens (tertiary/aromatic N) is 3. The molecule has 4 nitrogen and oxygen atoms in total. The summed E-state index contributed by atoms with van der Waals surface area (Å²) in [5.41, 5.74) is 2.08. The Morgan fingerprint density at radius 2 is 2.16 bits per heavy atom. The van der Waals surface area contributed by atoms with E-state index in [1.165, 1.54) is 12.8 Å². The zero-order chi connectivity index (χ0) is 12.8. The molecule has 1 aliphatic rings. The van der Waals surface area contributed by atoms with Gasteiger partial charge in [0.1, 0.15) is 0 Å². The zero-order valence-corrected chi connectivity index (χ0v) is 11.0. The third kappa shape index (κ3) is 1.77. The second-order valence-corrected chi connectivity index (χ2v) is 5.25. The average molecular weight is 268 g/mol. The molecule has 0 spiro atoms. The predicted octanol–water partition coefficient (Wildman–Crippen LogP) is 3.49. The van der Waals surface area contributed by atoms with E-state index in [4.69, 9.17) is 12.2 Å². The number of hydrogen-bond acceptors (Lipinski definition) is 3. The molecule has 0 aliphatic heterocycles. The molecule has 2 aromatic heterocycles. The molecular formula is C14H12N4S. The lowest BCUT2D eigenvalue weighted by atomic mass is 10.1. The normalized spacial score (nSPS) is 14.9. The summed E-state index contributed by atoms with van der Waals surface area (Å²) >= 11 is 5.32. The van der Waals surface area contributed by atoms with Crippen molar-refractivity contribution in [3.8, 4) is 11.4 Å². The Bertz CT molecular complexity index is 813. The first-order chi connectivity index (χ1) is 9.33. The van der Waals surface area contributed by atoms with E-state index in [1.807, 2.05) is 18.3 Å². The summed E-state index contributed by atoms with van der Waals surface area (Å²) in [5, 5.41) is 8.41. The number of pyridine rings is 1. The average Bonchev–Trinajstić information content (AvgIpc) is 3.21. The number of nitrogens with one attached hydrogen (secondary N) is 1. The van der Waals surface area contributed by atoms with Crippen LogP contribution in [-0.2, 0) is 0 Å². The molecule has 0 bridgehead atoms. The fourth-order valence-electron chi connectivity index (χ4n) is 2.39. The Hall–Kier alpha value is -2.01. The summed E-state index contributed by atoms with van der Waals surface area (Å²) in [6.45, 7) is 0. The second-order valence-electron chi connectivity index (χ2n) is 4.86. The maximum absolute atomic E-state index is 5.32. The molecular weight excluding hydrogens is 256 g/mol. The summed E-state index contributed by atoms with van der Waals surface area (Å²) in [6, 6.07) is 10.7. The van der Waals surface area contributed by atoms with Crippen LogP contribution >= 0.6 is 12.2 Å². The monoisotopic (exact) mass is 268 g/mol. The van der Waals surface area contributed by atoms with E-state index in [2.05, 4.69) is 37.9 Å². The highest BCUT2D eigenvalue weighted by Crippen LogP contribution is 2.38. The van der Waals surface area contributed by atoms with Crippen LogP contribution in [0.25, 0.3) is 22.3 Å². The topological polar surface area (TPSA) is 46.5 Å². The van der Waals surface area contributed by atoms with Crippen molar-refractivity contribution in [2.24, 2.45) is 0 Å². The number of aromatic amines is 1. The van der Waals surface area contributed by atoms with Gasteiger partial charge in [-0.2, -0.15) is 5.10 Å². The van der Waals surface area contributed by atoms with E-state index in [9.17, 15) is 0 Å². The summed E-state index contributed by atoms with van der Waals surface area (Å²) in [5.74, 6) is 0.929. The van der Waals surface area contributed by atoms with Gasteiger partial charge < -0.3 is 0 Å². The van der Waals surface area contributed by atoms with Crippen molar-refractivity contribution in [1.82, 2.24) is 19.7 Å². The molecule has 3 aromatic rings. The van der Waals surface area contributed by atoms with Gasteiger partial charge in [-0.3, -0.25) is 14.6 Å². The standard InChI is InChI=1S/C14H12N4S/c19-14-17-16-13(18(14)11-4-5-11)10-3-6-12-9(8-10)2-1-7-15-12/h1-3,6-8,11H,4-5H2,(H,17,19). The Morgan fingerprint density at radius 1 is 1.26 bits per heavy atom. The molecule has 1 N–H and O–H groups in total. The van der Waals surface area contributed by atoms with E-state index < -0.39 is 0 Å². The Balaban J connectivity index is 1.92. The highest BCUT2D eigenvalue weighted by atomic mass is 32.1. The molecule has 0 amide bonds. The van der Waals surface area contributed by atoms with Crippen LogP contribution in [0, 0.1) is 4.77 Å². The van der Waals surface area contributed by atoms with Crippen LogP contribution in [0.15, 0.2) is 36.5 Å². The third-order valence-corrected chi connectivity index (χ3v) is 3.77. The number of aromatic nitrogens is 4. The van der Waals surface area contributed by atoms with Gasteiger partial charge >= 0.3 is 0 Å². The first kappa shape index (κ1) is 10.9. The van der Waals surface area contributed by atoms with Crippen molar-refractivity contribution in [3.05, 3.63) is 41.3 Å². The van der Waals surface area contributed by atoms with Crippen molar-refractivity contribution in [2.75, 3.05) is 0 Å². The van der Waals surface area contributed by atoms with Gasteiger partial charge in [0.25, 0.3) is 0 Å². The lowest BCUT2D eigenvalue weighted by Gasteiger charge is -2.05. The van der Waals surface area contributed by atoms with Crippen LogP contribution in [0.2, 0.25) is 0 Å². The van der Waals surface area contributed by atoms with Gasteiger partial charge in [-0.05, 0) is 49.3 Å². The minimum atomic E-state index is 0.519. The molecule has 94 valence electrons. The van der Waals surface area contributed by atoms with Crippen molar-refractivity contribution < 1.29 is 0 Å². The van der Waals surface area contributed by atoms with Crippen LogP contribution in [-0.4, -0.2) is 19.7 Å². The lowest BCUT2D eigenvalue weighted by molar-refractivity contribution is 0.735. The molecule has 1 aliphatic carbocycles. The highest BCUT2D eigenvalue weighted by molar-refractivity contribution is 7.71. The molecule has 0 radical (unpaired) electrons. The Morgan fingerprint density at radius 3 is 3.00 bits per heavy atom. The number of fused-ring (bicyclic) bond motifs is 1. The predicted molar refractivity (Wildman–Crippen MR) is 76.4 cm³/mol. The van der Waals surface area contributed by atoms with Crippen LogP contribution in [0.3, 0.4) is 0 Å². The molecule has 1 fully saturated rings. The van der Waals surface area contributed by atoms with Crippen molar-refractivity contribution in [2.45, 2.75) is 18.9 Å². The van der Waals surface area contributed by atoms with Crippen molar-refractivity contribution in [3.63, 3.8) is 0 Å². The first-order valence-electron chi connectivity index (χ1n) is 6.35. The van der Waals surface area contributed by atoms with E-state index in [0.717, 1.165) is 22.3 Å². The van der Waals surface area contributed by atoms with E-state index in [0.29, 0.717) is 10.8 Å². The van der Waals surface area contributed by atoms with Crippen LogP contribution < -0.4 is 0 Å². The summed E-state index contributed by atoms with van der Waals surface area (Å²) < 4.78 is 2.84. The molecule has 1 saturated carbocycles. The molecule has 0 atom stereocenters. The quantitative estimate of drug-likeness (QED) is 0.724. The molecule has 2 heterocycles. The van der Waals surface area contributed by atoms with Gasteiger partial charge in [-0.15, -0.1) is 0 Å². The van der Waals surface area contributed by atoms with Crippen molar-refractivity contribution >= 4 is 23.1 Å². The minimum absolute atomic E-state index is 0.519. The highest BCUT2D eigenvalue weighted by Gasteiger charge is 2.27. The molecule has 0 unspecified atom stereocenters. The van der Waals surface area contributed by atoms with Gasteiger partial charge in [-0.1, -0.05) is 6.07 Å². The molecule has 5 heteroatoms. The van der Waals surface area contributed by atoms with Gasteiger partial charge in [0.2, 0.25) is 0 Å². The first-order valence-corrected chi connectivity index (χ1v) is 6.76. The van der Waals surface area contributed by atoms with Crippen LogP contribution in [0.5, 0.6) is 0 Å². The maximum Gasteiger partial charge on any atom is 0.195 e.